The lowest BCUT2D eigenvalue weighted by molar-refractivity contribution is 0.0764. The number of H-pyrrole nitrogens is 1. The summed E-state index contributed by atoms with van der Waals surface area (Å²) in [6, 6.07) is 8.21. The molecule has 0 bridgehead atoms. The van der Waals surface area contributed by atoms with Gasteiger partial charge in [-0.3, -0.25) is 9.89 Å². The molecule has 0 fully saturated rings. The Hall–Kier alpha value is -2.36. The highest BCUT2D eigenvalue weighted by molar-refractivity contribution is 5.98. The predicted molar refractivity (Wildman–Crippen MR) is 77.6 cm³/mol. The van der Waals surface area contributed by atoms with Crippen molar-refractivity contribution >= 4 is 5.91 Å². The Morgan fingerprint density at radius 3 is 2.70 bits per heavy atom. The minimum absolute atomic E-state index is 0.0326. The second-order valence-corrected chi connectivity index (χ2v) is 5.17. The van der Waals surface area contributed by atoms with Crippen molar-refractivity contribution in [3.05, 3.63) is 65.0 Å². The lowest BCUT2D eigenvalue weighted by Crippen LogP contribution is -2.29. The Kier molecular flexibility index (Phi) is 2.93. The third-order valence-electron chi connectivity index (χ3n) is 3.76. The largest absolute Gasteiger partial charge is 0.322 e. The molecule has 102 valence electrons. The number of carbonyl (C=O) groups excluding carboxylic acids is 1. The van der Waals surface area contributed by atoms with Gasteiger partial charge in [0.2, 0.25) is 0 Å². The zero-order valence-electron chi connectivity index (χ0n) is 11.7. The molecule has 1 aromatic carbocycles. The highest BCUT2D eigenvalue weighted by atomic mass is 16.2. The summed E-state index contributed by atoms with van der Waals surface area (Å²) in [7, 11) is 0. The number of benzene rings is 1. The molecule has 0 saturated carbocycles. The first-order valence-corrected chi connectivity index (χ1v) is 6.66. The van der Waals surface area contributed by atoms with Crippen LogP contribution in [0.5, 0.6) is 0 Å². The van der Waals surface area contributed by atoms with Crippen LogP contribution in [0.15, 0.2) is 36.9 Å². The van der Waals surface area contributed by atoms with E-state index in [0.29, 0.717) is 12.2 Å². The Balaban J connectivity index is 2.13. The minimum Gasteiger partial charge on any atom is -0.322 e. The summed E-state index contributed by atoms with van der Waals surface area (Å²) >= 11 is 0. The van der Waals surface area contributed by atoms with Crippen molar-refractivity contribution in [2.75, 3.05) is 6.54 Å². The summed E-state index contributed by atoms with van der Waals surface area (Å²) in [5.41, 5.74) is 4.78. The van der Waals surface area contributed by atoms with E-state index in [1.54, 1.807) is 6.08 Å². The highest BCUT2D eigenvalue weighted by Gasteiger charge is 2.40. The predicted octanol–water partition coefficient (Wildman–Crippen LogP) is 2.76. The molecule has 3 rings (SSSR count). The molecule has 2 aromatic rings. The fraction of sp³-hybridized carbons (Fsp3) is 0.250. The SMILES string of the molecule is C=CCN1C(=O)c2n[nH]c(C)c2C1c1ccc(C)cc1. The lowest BCUT2D eigenvalue weighted by atomic mass is 9.98. The zero-order valence-corrected chi connectivity index (χ0v) is 11.7. The van der Waals surface area contributed by atoms with Crippen LogP contribution < -0.4 is 0 Å². The molecule has 1 aromatic heterocycles. The Labute approximate surface area is 118 Å². The molecule has 20 heavy (non-hydrogen) atoms. The number of nitrogens with one attached hydrogen (secondary N) is 1. The topological polar surface area (TPSA) is 49.0 Å². The maximum Gasteiger partial charge on any atom is 0.275 e. The number of nitrogens with zero attached hydrogens (tertiary/aromatic N) is 2. The molecule has 0 saturated heterocycles. The molecule has 0 aliphatic carbocycles. The lowest BCUT2D eigenvalue weighted by Gasteiger charge is -2.25. The van der Waals surface area contributed by atoms with Gasteiger partial charge in [-0.15, -0.1) is 6.58 Å². The van der Waals surface area contributed by atoms with Gasteiger partial charge in [-0.2, -0.15) is 5.10 Å². The fourth-order valence-corrected chi connectivity index (χ4v) is 2.77. The molecule has 2 heterocycles. The van der Waals surface area contributed by atoms with Crippen LogP contribution in [-0.2, 0) is 0 Å². The molecule has 0 spiro atoms. The first-order chi connectivity index (χ1) is 9.63. The summed E-state index contributed by atoms with van der Waals surface area (Å²) in [6.07, 6.45) is 1.75. The minimum atomic E-state index is -0.0742. The van der Waals surface area contributed by atoms with Crippen LogP contribution in [0.1, 0.15) is 38.9 Å². The molecule has 0 radical (unpaired) electrons. The van der Waals surface area contributed by atoms with Gasteiger partial charge in [0.25, 0.3) is 5.91 Å². The first-order valence-electron chi connectivity index (χ1n) is 6.66. The molecule has 1 unspecified atom stereocenters. The van der Waals surface area contributed by atoms with Crippen molar-refractivity contribution in [1.82, 2.24) is 15.1 Å². The van der Waals surface area contributed by atoms with Crippen LogP contribution in [0.2, 0.25) is 0 Å². The molecular weight excluding hydrogens is 250 g/mol. The van der Waals surface area contributed by atoms with Gasteiger partial charge >= 0.3 is 0 Å². The molecule has 1 aliphatic heterocycles. The van der Waals surface area contributed by atoms with Gasteiger partial charge in [-0.05, 0) is 19.4 Å². The normalized spacial score (nSPS) is 17.4. The standard InChI is InChI=1S/C16H17N3O/c1-4-9-19-15(12-7-5-10(2)6-8-12)13-11(3)17-18-14(13)16(19)20/h4-8,15H,1,9H2,2-3H3,(H,17,18). The molecule has 1 N–H and O–H groups in total. The second kappa shape index (κ2) is 4.63. The zero-order chi connectivity index (χ0) is 14.3. The third kappa shape index (κ3) is 1.76. The van der Waals surface area contributed by atoms with E-state index in [0.717, 1.165) is 16.8 Å². The average Bonchev–Trinajstić information content (AvgIpc) is 2.93. The van der Waals surface area contributed by atoms with E-state index >= 15 is 0 Å². The number of aromatic amines is 1. The van der Waals surface area contributed by atoms with Crippen molar-refractivity contribution in [3.8, 4) is 0 Å². The number of aromatic nitrogens is 2. The molecule has 1 aliphatic rings. The second-order valence-electron chi connectivity index (χ2n) is 5.17. The van der Waals surface area contributed by atoms with Gasteiger partial charge < -0.3 is 4.90 Å². The Morgan fingerprint density at radius 2 is 2.05 bits per heavy atom. The average molecular weight is 267 g/mol. The van der Waals surface area contributed by atoms with Crippen LogP contribution in [0.4, 0.5) is 0 Å². The number of aryl methyl sites for hydroxylation is 2. The van der Waals surface area contributed by atoms with E-state index in [1.807, 2.05) is 11.8 Å². The van der Waals surface area contributed by atoms with Crippen molar-refractivity contribution < 1.29 is 4.79 Å². The maximum absolute atomic E-state index is 12.4. The summed E-state index contributed by atoms with van der Waals surface area (Å²) in [5, 5.41) is 7.07. The number of hydrogen-bond acceptors (Lipinski definition) is 2. The Bertz CT molecular complexity index is 670. The van der Waals surface area contributed by atoms with E-state index < -0.39 is 0 Å². The number of rotatable bonds is 3. The van der Waals surface area contributed by atoms with Crippen LogP contribution >= 0.6 is 0 Å². The fourth-order valence-electron chi connectivity index (χ4n) is 2.77. The molecule has 4 heteroatoms. The summed E-state index contributed by atoms with van der Waals surface area (Å²) < 4.78 is 0. The van der Waals surface area contributed by atoms with Gasteiger partial charge in [-0.25, -0.2) is 0 Å². The number of fused-ring (bicyclic) bond motifs is 1. The smallest absolute Gasteiger partial charge is 0.275 e. The highest BCUT2D eigenvalue weighted by Crippen LogP contribution is 2.39. The number of amides is 1. The van der Waals surface area contributed by atoms with E-state index in [9.17, 15) is 4.79 Å². The molecule has 1 amide bonds. The van der Waals surface area contributed by atoms with Crippen molar-refractivity contribution in [2.45, 2.75) is 19.9 Å². The quantitative estimate of drug-likeness (QED) is 0.869. The summed E-state index contributed by atoms with van der Waals surface area (Å²) in [4.78, 5) is 14.3. The first kappa shape index (κ1) is 12.7. The molecule has 1 atom stereocenters. The van der Waals surface area contributed by atoms with Gasteiger partial charge in [0, 0.05) is 17.8 Å². The van der Waals surface area contributed by atoms with Crippen LogP contribution in [0, 0.1) is 13.8 Å². The van der Waals surface area contributed by atoms with E-state index in [2.05, 4.69) is 48.0 Å². The molecular formula is C16H17N3O. The third-order valence-corrected chi connectivity index (χ3v) is 3.76. The Morgan fingerprint density at radius 1 is 1.35 bits per heavy atom. The number of carbonyl (C=O) groups is 1. The summed E-state index contributed by atoms with van der Waals surface area (Å²) in [6.45, 7) is 8.28. The van der Waals surface area contributed by atoms with Gasteiger partial charge in [-0.1, -0.05) is 35.9 Å². The van der Waals surface area contributed by atoms with Crippen molar-refractivity contribution in [3.63, 3.8) is 0 Å². The number of hydrogen-bond donors (Lipinski definition) is 1. The molecule has 4 nitrogen and oxygen atoms in total. The van der Waals surface area contributed by atoms with Crippen molar-refractivity contribution in [1.29, 1.82) is 0 Å². The maximum atomic E-state index is 12.4. The van der Waals surface area contributed by atoms with E-state index in [1.165, 1.54) is 5.56 Å². The van der Waals surface area contributed by atoms with Gasteiger partial charge in [0.1, 0.15) is 0 Å². The van der Waals surface area contributed by atoms with E-state index in [-0.39, 0.29) is 11.9 Å². The van der Waals surface area contributed by atoms with Gasteiger partial charge in [0.05, 0.1) is 6.04 Å². The van der Waals surface area contributed by atoms with Crippen LogP contribution in [0.3, 0.4) is 0 Å². The van der Waals surface area contributed by atoms with Crippen LogP contribution in [0.25, 0.3) is 0 Å². The van der Waals surface area contributed by atoms with E-state index in [4.69, 9.17) is 0 Å². The monoisotopic (exact) mass is 267 g/mol. The van der Waals surface area contributed by atoms with Gasteiger partial charge in [0.15, 0.2) is 5.69 Å². The van der Waals surface area contributed by atoms with Crippen molar-refractivity contribution in [2.24, 2.45) is 0 Å². The van der Waals surface area contributed by atoms with Crippen LogP contribution in [-0.4, -0.2) is 27.5 Å². The summed E-state index contributed by atoms with van der Waals surface area (Å²) in [5.74, 6) is -0.0326.